The van der Waals surface area contributed by atoms with Gasteiger partial charge in [-0.2, -0.15) is 0 Å². The second-order valence-electron chi connectivity index (χ2n) is 1.04. The Kier molecular flexibility index (Phi) is 9.07. The predicted octanol–water partition coefficient (Wildman–Crippen LogP) is 1.78. The van der Waals surface area contributed by atoms with E-state index in [1.807, 2.05) is 0 Å². The second kappa shape index (κ2) is 6.78. The van der Waals surface area contributed by atoms with Crippen molar-refractivity contribution in [3.05, 3.63) is 0 Å². The van der Waals surface area contributed by atoms with Crippen molar-refractivity contribution in [1.82, 2.24) is 0 Å². The van der Waals surface area contributed by atoms with Crippen molar-refractivity contribution < 1.29 is 10.2 Å². The van der Waals surface area contributed by atoms with Crippen LogP contribution in [0.2, 0.25) is 0 Å². The van der Waals surface area contributed by atoms with E-state index in [4.69, 9.17) is 10.2 Å². The first kappa shape index (κ1) is 10.7. The van der Waals surface area contributed by atoms with E-state index in [1.165, 1.54) is 13.8 Å². The minimum Gasteiger partial charge on any atom is -0.502 e. The van der Waals surface area contributed by atoms with Gasteiger partial charge in [-0.15, -0.1) is 0 Å². The molecule has 48 valence electrons. The van der Waals surface area contributed by atoms with Gasteiger partial charge in [-0.3, -0.25) is 0 Å². The van der Waals surface area contributed by atoms with Gasteiger partial charge in [0, 0.05) is 13.8 Å². The molecule has 0 aromatic heterocycles. The highest BCUT2D eigenvalue weighted by Gasteiger charge is 1.58. The summed E-state index contributed by atoms with van der Waals surface area (Å²) in [7, 11) is 0. The van der Waals surface area contributed by atoms with Gasteiger partial charge in [0.25, 0.3) is 0 Å². The number of thiocarbonyl (C=S) groups is 2. The minimum absolute atomic E-state index is 0.000000000000000222. The molecule has 0 atom stereocenters. The first-order valence-electron chi connectivity index (χ1n) is 1.86. The normalized spacial score (nSPS) is 6.25. The fraction of sp³-hybridized carbons (Fsp3) is 0.500. The van der Waals surface area contributed by atoms with E-state index < -0.39 is 0 Å². The number of aliphatic hydroxyl groups is 2. The third-order valence-electron chi connectivity index (χ3n) is 0. The SMILES string of the molecule is CC(O)=S.CC(O)=S. The number of hydrogen-bond donors (Lipinski definition) is 2. The molecule has 2 N–H and O–H groups in total. The molecule has 0 radical (unpaired) electrons. The van der Waals surface area contributed by atoms with Crippen molar-refractivity contribution in [2.24, 2.45) is 0 Å². The molecular formula is C4H8O2S2. The molecule has 0 bridgehead atoms. The summed E-state index contributed by atoms with van der Waals surface area (Å²) < 4.78 is 0. The summed E-state index contributed by atoms with van der Waals surface area (Å²) in [5.41, 5.74) is 0. The zero-order chi connectivity index (χ0) is 7.15. The summed E-state index contributed by atoms with van der Waals surface area (Å²) in [6, 6.07) is 0. The largest absolute Gasteiger partial charge is 0.502 e. The lowest BCUT2D eigenvalue weighted by Gasteiger charge is -1.64. The van der Waals surface area contributed by atoms with Crippen molar-refractivity contribution in [1.29, 1.82) is 0 Å². The van der Waals surface area contributed by atoms with Crippen LogP contribution in [0, 0.1) is 0 Å². The molecule has 0 amide bonds. The summed E-state index contributed by atoms with van der Waals surface area (Å²) in [6.45, 7) is 2.91. The second-order valence-corrected chi connectivity index (χ2v) is 2.22. The summed E-state index contributed by atoms with van der Waals surface area (Å²) in [5.74, 6) is 0. The van der Waals surface area contributed by atoms with Crippen LogP contribution in [0.5, 0.6) is 0 Å². The third kappa shape index (κ3) is 2730. The van der Waals surface area contributed by atoms with Crippen LogP contribution >= 0.6 is 24.4 Å². The van der Waals surface area contributed by atoms with Crippen LogP contribution in [-0.2, 0) is 0 Å². The Morgan fingerprint density at radius 1 is 1.00 bits per heavy atom. The van der Waals surface area contributed by atoms with Gasteiger partial charge in [0.1, 0.15) is 0 Å². The molecule has 0 aromatic rings. The fourth-order valence-corrected chi connectivity index (χ4v) is 0. The van der Waals surface area contributed by atoms with E-state index in [0.29, 0.717) is 0 Å². The monoisotopic (exact) mass is 152 g/mol. The first-order valence-corrected chi connectivity index (χ1v) is 2.67. The Hall–Kier alpha value is -0.220. The smallest absolute Gasteiger partial charge is 0.153 e. The molecule has 0 saturated heterocycles. The number of rotatable bonds is 0. The molecule has 0 aliphatic heterocycles. The average molecular weight is 152 g/mol. The van der Waals surface area contributed by atoms with E-state index in [9.17, 15) is 0 Å². The number of aliphatic hydroxyl groups excluding tert-OH is 2. The third-order valence-corrected chi connectivity index (χ3v) is 0. The Morgan fingerprint density at radius 3 is 1.00 bits per heavy atom. The molecule has 2 nitrogen and oxygen atoms in total. The van der Waals surface area contributed by atoms with Crippen molar-refractivity contribution >= 4 is 34.5 Å². The van der Waals surface area contributed by atoms with Gasteiger partial charge in [0.05, 0.1) is 0 Å². The van der Waals surface area contributed by atoms with Crippen molar-refractivity contribution in [3.63, 3.8) is 0 Å². The van der Waals surface area contributed by atoms with E-state index in [-0.39, 0.29) is 10.1 Å². The molecular weight excluding hydrogens is 144 g/mol. The lowest BCUT2D eigenvalue weighted by Crippen LogP contribution is -1.72. The molecule has 8 heavy (non-hydrogen) atoms. The first-order chi connectivity index (χ1) is 3.46. The molecule has 0 aliphatic carbocycles. The zero-order valence-corrected chi connectivity index (χ0v) is 6.34. The maximum Gasteiger partial charge on any atom is 0.153 e. The van der Waals surface area contributed by atoms with Gasteiger partial charge in [-0.1, -0.05) is 0 Å². The summed E-state index contributed by atoms with van der Waals surface area (Å²) in [6.07, 6.45) is 0. The molecule has 0 rings (SSSR count). The lowest BCUT2D eigenvalue weighted by molar-refractivity contribution is 0.564. The topological polar surface area (TPSA) is 40.5 Å². The molecule has 0 fully saturated rings. The van der Waals surface area contributed by atoms with Gasteiger partial charge in [-0.25, -0.2) is 0 Å². The van der Waals surface area contributed by atoms with Gasteiger partial charge >= 0.3 is 0 Å². The quantitative estimate of drug-likeness (QED) is 0.519. The van der Waals surface area contributed by atoms with E-state index >= 15 is 0 Å². The summed E-state index contributed by atoms with van der Waals surface area (Å²) >= 11 is 8.19. The molecule has 0 heterocycles. The highest BCUT2D eigenvalue weighted by Crippen LogP contribution is 1.55. The van der Waals surface area contributed by atoms with Crippen molar-refractivity contribution in [2.45, 2.75) is 13.8 Å². The van der Waals surface area contributed by atoms with Crippen molar-refractivity contribution in [3.8, 4) is 0 Å². The molecule has 0 aromatic carbocycles. The summed E-state index contributed by atoms with van der Waals surface area (Å²) in [4.78, 5) is 0. The molecule has 0 spiro atoms. The van der Waals surface area contributed by atoms with Crippen LogP contribution in [0.4, 0.5) is 0 Å². The van der Waals surface area contributed by atoms with E-state index in [0.717, 1.165) is 0 Å². The Morgan fingerprint density at radius 2 is 1.00 bits per heavy atom. The van der Waals surface area contributed by atoms with Crippen LogP contribution in [0.1, 0.15) is 13.8 Å². The molecule has 0 unspecified atom stereocenters. The lowest BCUT2D eigenvalue weighted by atomic mass is 10.9. The van der Waals surface area contributed by atoms with Crippen molar-refractivity contribution in [2.75, 3.05) is 0 Å². The van der Waals surface area contributed by atoms with E-state index in [2.05, 4.69) is 24.4 Å². The summed E-state index contributed by atoms with van der Waals surface area (Å²) in [5, 5.41) is 15.6. The van der Waals surface area contributed by atoms with Gasteiger partial charge in [0.2, 0.25) is 0 Å². The Balaban J connectivity index is 0. The average Bonchev–Trinajstić information content (AvgIpc) is 1.25. The molecule has 0 aliphatic rings. The van der Waals surface area contributed by atoms with E-state index in [1.54, 1.807) is 0 Å². The number of hydrogen-bond acceptors (Lipinski definition) is 2. The highest BCUT2D eigenvalue weighted by molar-refractivity contribution is 7.80. The van der Waals surface area contributed by atoms with Crippen LogP contribution in [0.3, 0.4) is 0 Å². The highest BCUT2D eigenvalue weighted by atomic mass is 32.1. The molecule has 4 heteroatoms. The predicted molar refractivity (Wildman–Crippen MR) is 41.8 cm³/mol. The maximum absolute atomic E-state index is 7.79. The van der Waals surface area contributed by atoms with Gasteiger partial charge in [-0.05, 0) is 24.4 Å². The zero-order valence-electron chi connectivity index (χ0n) is 4.71. The van der Waals surface area contributed by atoms with Gasteiger partial charge < -0.3 is 10.2 Å². The van der Waals surface area contributed by atoms with Crippen LogP contribution in [-0.4, -0.2) is 20.3 Å². The maximum atomic E-state index is 7.79. The fourth-order valence-electron chi connectivity index (χ4n) is 0. The van der Waals surface area contributed by atoms with Crippen LogP contribution < -0.4 is 0 Å². The van der Waals surface area contributed by atoms with Crippen LogP contribution in [0.15, 0.2) is 0 Å². The Labute approximate surface area is 59.1 Å². The molecule has 0 saturated carbocycles. The van der Waals surface area contributed by atoms with Crippen LogP contribution in [0.25, 0.3) is 0 Å². The standard InChI is InChI=1S/2C2H4OS/c2*1-2(3)4/h2*1H3,(H,3,4). The minimum atomic E-state index is 0.000000000000000222. The van der Waals surface area contributed by atoms with Gasteiger partial charge in [0.15, 0.2) is 10.1 Å². The Bertz CT molecular complexity index is 70.0.